The van der Waals surface area contributed by atoms with Crippen molar-refractivity contribution in [1.29, 1.82) is 0 Å². The molecule has 0 spiro atoms. The maximum atomic E-state index is 13.5. The van der Waals surface area contributed by atoms with Crippen LogP contribution in [0, 0.1) is 5.82 Å². The molecule has 6 heteroatoms. The number of nitrogens with one attached hydrogen (secondary N) is 1. The highest BCUT2D eigenvalue weighted by atomic mass is 32.1. The molecule has 2 heterocycles. The molecule has 0 saturated heterocycles. The van der Waals surface area contributed by atoms with Crippen molar-refractivity contribution >= 4 is 17.2 Å². The summed E-state index contributed by atoms with van der Waals surface area (Å²) >= 11 is 1.63. The number of aromatic nitrogens is 2. The average molecular weight is 315 g/mol. The van der Waals surface area contributed by atoms with Gasteiger partial charge in [-0.1, -0.05) is 18.2 Å². The Morgan fingerprint density at radius 3 is 2.86 bits per heavy atom. The Bertz CT molecular complexity index is 767. The summed E-state index contributed by atoms with van der Waals surface area (Å²) in [5.74, 6) is -0.928. The van der Waals surface area contributed by atoms with Gasteiger partial charge in [-0.2, -0.15) is 5.10 Å². The molecule has 2 aromatic heterocycles. The molecule has 3 aromatic rings. The van der Waals surface area contributed by atoms with E-state index in [1.807, 2.05) is 29.8 Å². The minimum absolute atomic E-state index is 0.0576. The summed E-state index contributed by atoms with van der Waals surface area (Å²) < 4.78 is 15.2. The van der Waals surface area contributed by atoms with Gasteiger partial charge in [0, 0.05) is 12.7 Å². The Hall–Kier alpha value is -2.47. The van der Waals surface area contributed by atoms with Gasteiger partial charge in [-0.05, 0) is 29.6 Å². The molecular formula is C16H14FN3OS. The molecule has 1 aromatic carbocycles. The van der Waals surface area contributed by atoms with E-state index in [1.54, 1.807) is 28.2 Å². The fourth-order valence-electron chi connectivity index (χ4n) is 2.07. The number of amides is 1. The Morgan fingerprint density at radius 2 is 2.09 bits per heavy atom. The van der Waals surface area contributed by atoms with Crippen LogP contribution in [0.3, 0.4) is 0 Å². The smallest absolute Gasteiger partial charge is 0.254 e. The lowest BCUT2D eigenvalue weighted by Crippen LogP contribution is -2.28. The fourth-order valence-corrected chi connectivity index (χ4v) is 2.76. The predicted molar refractivity (Wildman–Crippen MR) is 84.3 cm³/mol. The number of thiophene rings is 1. The quantitative estimate of drug-likeness (QED) is 0.786. The summed E-state index contributed by atoms with van der Waals surface area (Å²) in [7, 11) is 0. The average Bonchev–Trinajstić information content (AvgIpc) is 3.18. The molecule has 112 valence electrons. The summed E-state index contributed by atoms with van der Waals surface area (Å²) in [6.45, 7) is 0.921. The van der Waals surface area contributed by atoms with Crippen LogP contribution in [-0.2, 0) is 6.54 Å². The zero-order valence-electron chi connectivity index (χ0n) is 11.7. The first kappa shape index (κ1) is 14.5. The molecule has 0 aliphatic rings. The molecule has 0 aliphatic heterocycles. The van der Waals surface area contributed by atoms with E-state index in [2.05, 4.69) is 10.4 Å². The van der Waals surface area contributed by atoms with E-state index in [-0.39, 0.29) is 5.56 Å². The number of benzene rings is 1. The normalized spacial score (nSPS) is 10.6. The molecule has 22 heavy (non-hydrogen) atoms. The Morgan fingerprint density at radius 1 is 1.23 bits per heavy atom. The molecule has 0 radical (unpaired) electrons. The number of carbonyl (C=O) groups excluding carboxylic acids is 1. The molecule has 0 unspecified atom stereocenters. The summed E-state index contributed by atoms with van der Waals surface area (Å²) in [6.07, 6.45) is 1.87. The van der Waals surface area contributed by atoms with Crippen molar-refractivity contribution < 1.29 is 9.18 Å². The number of carbonyl (C=O) groups is 1. The number of nitrogens with zero attached hydrogens (tertiary/aromatic N) is 2. The van der Waals surface area contributed by atoms with Gasteiger partial charge in [-0.15, -0.1) is 11.3 Å². The number of halogens is 1. The second-order valence-electron chi connectivity index (χ2n) is 4.68. The van der Waals surface area contributed by atoms with Crippen LogP contribution in [0.2, 0.25) is 0 Å². The van der Waals surface area contributed by atoms with Crippen molar-refractivity contribution in [3.63, 3.8) is 0 Å². The monoisotopic (exact) mass is 315 g/mol. The zero-order valence-corrected chi connectivity index (χ0v) is 12.5. The lowest BCUT2D eigenvalue weighted by Gasteiger charge is -2.06. The number of rotatable bonds is 5. The zero-order chi connectivity index (χ0) is 15.4. The third-order valence-corrected chi connectivity index (χ3v) is 4.05. The molecule has 0 saturated carbocycles. The largest absolute Gasteiger partial charge is 0.350 e. The van der Waals surface area contributed by atoms with E-state index in [9.17, 15) is 9.18 Å². The van der Waals surface area contributed by atoms with Gasteiger partial charge < -0.3 is 5.32 Å². The highest BCUT2D eigenvalue weighted by molar-refractivity contribution is 7.13. The third kappa shape index (κ3) is 3.23. The molecule has 0 atom stereocenters. The molecule has 0 fully saturated rings. The highest BCUT2D eigenvalue weighted by Crippen LogP contribution is 2.22. The molecule has 3 rings (SSSR count). The predicted octanol–water partition coefficient (Wildman–Crippen LogP) is 3.18. The Balaban J connectivity index is 1.55. The first-order valence-corrected chi connectivity index (χ1v) is 7.72. The second kappa shape index (κ2) is 6.53. The van der Waals surface area contributed by atoms with E-state index in [4.69, 9.17) is 0 Å². The Labute approximate surface area is 131 Å². The maximum absolute atomic E-state index is 13.5. The minimum Gasteiger partial charge on any atom is -0.350 e. The van der Waals surface area contributed by atoms with Gasteiger partial charge in [-0.25, -0.2) is 4.39 Å². The topological polar surface area (TPSA) is 46.9 Å². The van der Waals surface area contributed by atoms with Crippen molar-refractivity contribution in [1.82, 2.24) is 15.1 Å². The van der Waals surface area contributed by atoms with Gasteiger partial charge in [0.2, 0.25) is 0 Å². The fraction of sp³-hybridized carbons (Fsp3) is 0.125. The summed E-state index contributed by atoms with van der Waals surface area (Å²) in [5.41, 5.74) is 0.970. The van der Waals surface area contributed by atoms with Gasteiger partial charge in [-0.3, -0.25) is 9.48 Å². The number of hydrogen-bond donors (Lipinski definition) is 1. The first-order chi connectivity index (χ1) is 10.7. The van der Waals surface area contributed by atoms with Crippen molar-refractivity contribution in [2.75, 3.05) is 6.54 Å². The van der Waals surface area contributed by atoms with Crippen LogP contribution in [0.5, 0.6) is 0 Å². The van der Waals surface area contributed by atoms with Crippen molar-refractivity contribution in [2.45, 2.75) is 6.54 Å². The van der Waals surface area contributed by atoms with Crippen molar-refractivity contribution in [3.8, 4) is 10.6 Å². The van der Waals surface area contributed by atoms with Crippen LogP contribution >= 0.6 is 11.3 Å². The van der Waals surface area contributed by atoms with E-state index in [1.165, 1.54) is 12.1 Å². The second-order valence-corrected chi connectivity index (χ2v) is 5.62. The van der Waals surface area contributed by atoms with E-state index < -0.39 is 11.7 Å². The molecular weight excluding hydrogens is 301 g/mol. The Kier molecular flexibility index (Phi) is 4.29. The lowest BCUT2D eigenvalue weighted by atomic mass is 10.2. The van der Waals surface area contributed by atoms with Gasteiger partial charge in [0.05, 0.1) is 17.0 Å². The standard InChI is InChI=1S/C16H14FN3OS/c17-13-5-2-1-4-12(13)16(21)18-8-10-20-9-7-14(19-20)15-6-3-11-22-15/h1-7,9,11H,8,10H2,(H,18,21). The third-order valence-electron chi connectivity index (χ3n) is 3.16. The van der Waals surface area contributed by atoms with Crippen LogP contribution in [-0.4, -0.2) is 22.2 Å². The van der Waals surface area contributed by atoms with E-state index >= 15 is 0 Å². The van der Waals surface area contributed by atoms with Gasteiger partial charge in [0.15, 0.2) is 0 Å². The van der Waals surface area contributed by atoms with Crippen LogP contribution in [0.1, 0.15) is 10.4 Å². The summed E-state index contributed by atoms with van der Waals surface area (Å²) in [6, 6.07) is 11.9. The van der Waals surface area contributed by atoms with Crippen molar-refractivity contribution in [3.05, 3.63) is 65.4 Å². The molecule has 0 aliphatic carbocycles. The van der Waals surface area contributed by atoms with Crippen LogP contribution < -0.4 is 5.32 Å². The summed E-state index contributed by atoms with van der Waals surface area (Å²) in [4.78, 5) is 13.0. The van der Waals surface area contributed by atoms with Gasteiger partial charge >= 0.3 is 0 Å². The molecule has 1 amide bonds. The molecule has 1 N–H and O–H groups in total. The molecule has 0 bridgehead atoms. The SMILES string of the molecule is O=C(NCCn1ccc(-c2cccs2)n1)c1ccccc1F. The van der Waals surface area contributed by atoms with Crippen LogP contribution in [0.15, 0.2) is 54.0 Å². The van der Waals surface area contributed by atoms with Crippen molar-refractivity contribution in [2.24, 2.45) is 0 Å². The van der Waals surface area contributed by atoms with Crippen LogP contribution in [0.4, 0.5) is 4.39 Å². The summed E-state index contributed by atoms with van der Waals surface area (Å²) in [5, 5.41) is 9.14. The maximum Gasteiger partial charge on any atom is 0.254 e. The highest BCUT2D eigenvalue weighted by Gasteiger charge is 2.10. The van der Waals surface area contributed by atoms with Crippen LogP contribution in [0.25, 0.3) is 10.6 Å². The lowest BCUT2D eigenvalue weighted by molar-refractivity contribution is 0.0948. The van der Waals surface area contributed by atoms with E-state index in [0.29, 0.717) is 13.1 Å². The van der Waals surface area contributed by atoms with E-state index in [0.717, 1.165) is 10.6 Å². The first-order valence-electron chi connectivity index (χ1n) is 6.84. The number of hydrogen-bond acceptors (Lipinski definition) is 3. The molecule has 4 nitrogen and oxygen atoms in total. The van der Waals surface area contributed by atoms with Gasteiger partial charge in [0.25, 0.3) is 5.91 Å². The minimum atomic E-state index is -0.515. The van der Waals surface area contributed by atoms with Gasteiger partial charge in [0.1, 0.15) is 11.5 Å².